The average Bonchev–Trinajstić information content (AvgIpc) is 1.72. The highest BCUT2D eigenvalue weighted by atomic mass is 16.7. The van der Waals surface area contributed by atoms with Crippen molar-refractivity contribution in [2.75, 3.05) is 25.6 Å². The van der Waals surface area contributed by atoms with Crippen LogP contribution in [-0.2, 0) is 33.3 Å². The van der Waals surface area contributed by atoms with E-state index >= 15 is 0 Å². The van der Waals surface area contributed by atoms with Crippen LogP contribution in [-0.4, -0.2) is 198 Å². The predicted molar refractivity (Wildman–Crippen MR) is 352 cm³/mol. The Morgan fingerprint density at radius 1 is 0.649 bits per heavy atom. The normalized spacial score (nSPS) is 33.2. The third kappa shape index (κ3) is 21.0. The molecule has 1 amide bonds. The molecule has 94 heavy (non-hydrogen) atoms. The second-order valence-electron chi connectivity index (χ2n) is 25.3. The number of hydrogen-bond acceptors (Lipinski definition) is 21. The molecule has 0 radical (unpaired) electrons. The van der Waals surface area contributed by atoms with Gasteiger partial charge >= 0.3 is 12.1 Å². The Labute approximate surface area is 549 Å². The van der Waals surface area contributed by atoms with Crippen LogP contribution >= 0.6 is 0 Å². The van der Waals surface area contributed by atoms with Gasteiger partial charge in [-0.15, -0.1) is 0 Å². The van der Waals surface area contributed by atoms with E-state index in [1.807, 2.05) is 86.6 Å². The van der Waals surface area contributed by atoms with Crippen molar-refractivity contribution in [3.8, 4) is 11.1 Å². The maximum Gasteiger partial charge on any atom is 0.407 e. The van der Waals surface area contributed by atoms with E-state index in [4.69, 9.17) is 23.7 Å². The number of carbonyl (C=O) groups is 3. The number of nitrogens with zero attached hydrogens (tertiary/aromatic N) is 2. The molecule has 4 aliphatic rings. The first-order valence-corrected chi connectivity index (χ1v) is 32.2. The molecule has 3 heterocycles. The Kier molecular flexibility index (Phi) is 28.2. The van der Waals surface area contributed by atoms with Crippen LogP contribution < -0.4 is 10.2 Å². The molecule has 7 rings (SSSR count). The van der Waals surface area contributed by atoms with Crippen molar-refractivity contribution >= 4 is 29.2 Å². The number of cyclic esters (lactones) is 1. The van der Waals surface area contributed by atoms with E-state index in [-0.39, 0.29) is 49.8 Å². The lowest BCUT2D eigenvalue weighted by atomic mass is 9.79. The third-order valence-corrected chi connectivity index (χ3v) is 17.9. The first-order chi connectivity index (χ1) is 44.9. The number of ether oxygens (including phenoxy) is 5. The standard InChI is InChI=1S/C72H95N3O19/c1-43-23-17-15-13-11-9-7-8-10-12-14-16-18-24-52(93-70-69(86)66(68(85)46(4)92-70)73-71(87)90-42-57-55-27-21-19-25-53(55)54-26-20-22-28-56(54)57)38-63-65(61(81)39-58(74-89)47-29-31-48(32-30-47)75(5)6)62(82)41-72(88,94-63)40-51(78)36-60(80)59(79)34-33-49(76)35-50(77)37-64(83)91-45(3)44(2)67(43)84/h7-32,43-46,49-52,57,59-60,62-63,65-70,76-80,82,84-86,88-89H,33-42H2,1-6H3,(H,73,87)/t43?,44-,45-,46+,49+,50+,51-,52-,59+,60+,62-,63-,65+,66-,67+,68+,69-,70-,72+/m0/s1. The highest BCUT2D eigenvalue weighted by Crippen LogP contribution is 2.45. The van der Waals surface area contributed by atoms with Crippen molar-refractivity contribution in [1.82, 2.24) is 5.32 Å². The summed E-state index contributed by atoms with van der Waals surface area (Å²) in [7, 11) is 3.68. The lowest BCUT2D eigenvalue weighted by Crippen LogP contribution is -2.64. The van der Waals surface area contributed by atoms with Gasteiger partial charge in [0, 0.05) is 63.2 Å². The van der Waals surface area contributed by atoms with Gasteiger partial charge in [-0.1, -0.05) is 165 Å². The number of aliphatic hydroxyl groups excluding tert-OH is 9. The maximum absolute atomic E-state index is 14.8. The third-order valence-electron chi connectivity index (χ3n) is 17.9. The van der Waals surface area contributed by atoms with Crippen molar-refractivity contribution in [3.05, 3.63) is 175 Å². The summed E-state index contributed by atoms with van der Waals surface area (Å²) in [4.78, 5) is 43.2. The second-order valence-corrected chi connectivity index (χ2v) is 25.3. The lowest BCUT2D eigenvalue weighted by Gasteiger charge is -2.46. The van der Waals surface area contributed by atoms with E-state index in [0.717, 1.165) is 27.9 Å². The molecule has 3 aromatic carbocycles. The molecule has 22 nitrogen and oxygen atoms in total. The number of anilines is 1. The Hall–Kier alpha value is -7.00. The molecular formula is C72H95N3O19. The number of rotatable bonds is 10. The average molecular weight is 1310 g/mol. The Morgan fingerprint density at radius 3 is 1.83 bits per heavy atom. The number of benzene rings is 3. The molecule has 0 aromatic heterocycles. The number of hydrogen-bond donors (Lipinski definition) is 12. The van der Waals surface area contributed by atoms with Crippen molar-refractivity contribution in [2.45, 2.75) is 189 Å². The summed E-state index contributed by atoms with van der Waals surface area (Å²) in [5, 5.41) is 130. The number of nitrogens with one attached hydrogen (secondary N) is 1. The molecule has 3 aromatic rings. The van der Waals surface area contributed by atoms with E-state index in [0.29, 0.717) is 5.56 Å². The fraction of sp³-hybridized carbons (Fsp3) is 0.500. The lowest BCUT2D eigenvalue weighted by molar-refractivity contribution is -0.307. The number of amides is 1. The second kappa shape index (κ2) is 35.7. The number of esters is 1. The summed E-state index contributed by atoms with van der Waals surface area (Å²) in [6, 6.07) is 21.0. The monoisotopic (exact) mass is 1310 g/mol. The Bertz CT molecular complexity index is 3140. The summed E-state index contributed by atoms with van der Waals surface area (Å²) in [5.74, 6) is -6.43. The van der Waals surface area contributed by atoms with Gasteiger partial charge in [0.1, 0.15) is 30.7 Å². The van der Waals surface area contributed by atoms with Crippen LogP contribution in [0, 0.1) is 17.8 Å². The van der Waals surface area contributed by atoms with E-state index in [9.17, 15) is 70.7 Å². The fourth-order valence-corrected chi connectivity index (χ4v) is 12.4. The van der Waals surface area contributed by atoms with Gasteiger partial charge in [-0.05, 0) is 73.1 Å². The molecule has 2 fully saturated rings. The van der Waals surface area contributed by atoms with Gasteiger partial charge in [-0.3, -0.25) is 9.59 Å². The highest BCUT2D eigenvalue weighted by molar-refractivity contribution is 6.11. The molecule has 512 valence electrons. The zero-order valence-electron chi connectivity index (χ0n) is 54.1. The minimum absolute atomic E-state index is 0.0523. The SMILES string of the molecule is CC1C=CC=CC=CC=CC=CC=CC=C[C@H](O[C@@H]2O[C@H](C)[C@@H](O)[C@H](NC(=O)OCC3c4ccccc4-c4ccccc43)[C@@H]2O)C[C@@H]2O[C@](O)(C[C@@H](O)C[C@@H](O)[C@H](O)CC[C@@H](O)C[C@@H](O)CC(=O)O[C@@H](C)[C@H](C)[C@@H]1O)C[C@H](O)[C@H]2C(=O)CC(=NO)c1ccc(N(C)C)cc1. The topological polar surface area (TPSA) is 348 Å². The summed E-state index contributed by atoms with van der Waals surface area (Å²) < 4.78 is 30.4. The minimum atomic E-state index is -2.43. The number of aliphatic hydroxyl groups is 10. The summed E-state index contributed by atoms with van der Waals surface area (Å²) in [5.41, 5.74) is 5.12. The van der Waals surface area contributed by atoms with Crippen LogP contribution in [0.4, 0.5) is 10.5 Å². The molecule has 22 heteroatoms. The maximum atomic E-state index is 14.8. The highest BCUT2D eigenvalue weighted by Gasteiger charge is 2.51. The van der Waals surface area contributed by atoms with Crippen LogP contribution in [0.3, 0.4) is 0 Å². The van der Waals surface area contributed by atoms with Gasteiger partial charge in [0.25, 0.3) is 0 Å². The number of alkyl carbamates (subject to hydrolysis) is 1. The van der Waals surface area contributed by atoms with Crippen LogP contribution in [0.2, 0.25) is 0 Å². The molecular weight excluding hydrogens is 1210 g/mol. The first kappa shape index (κ1) is 74.4. The molecule has 2 bridgehead atoms. The number of Topliss-reactive ketones (excluding diaryl/α,β-unsaturated/α-hetero) is 1. The molecule has 1 unspecified atom stereocenters. The minimum Gasteiger partial charge on any atom is -0.462 e. The first-order valence-electron chi connectivity index (χ1n) is 32.2. The van der Waals surface area contributed by atoms with Gasteiger partial charge < -0.3 is 90.2 Å². The number of fused-ring (bicyclic) bond motifs is 5. The summed E-state index contributed by atoms with van der Waals surface area (Å²) in [6.45, 7) is 6.66. The number of allylic oxidation sites excluding steroid dienone is 12. The van der Waals surface area contributed by atoms with Gasteiger partial charge in [0.2, 0.25) is 0 Å². The van der Waals surface area contributed by atoms with E-state index < -0.39 is 159 Å². The van der Waals surface area contributed by atoms with Gasteiger partial charge in [0.15, 0.2) is 12.1 Å². The molecule has 19 atom stereocenters. The van der Waals surface area contributed by atoms with Crippen molar-refractivity contribution in [1.29, 1.82) is 0 Å². The van der Waals surface area contributed by atoms with Crippen LogP contribution in [0.1, 0.15) is 108 Å². The fourth-order valence-electron chi connectivity index (χ4n) is 12.4. The number of ketones is 1. The van der Waals surface area contributed by atoms with Crippen molar-refractivity contribution < 1.29 is 94.3 Å². The van der Waals surface area contributed by atoms with Crippen molar-refractivity contribution in [3.63, 3.8) is 0 Å². The number of oxime groups is 1. The molecule has 12 N–H and O–H groups in total. The Balaban J connectivity index is 1.16. The Morgan fingerprint density at radius 2 is 1.23 bits per heavy atom. The van der Waals surface area contributed by atoms with Crippen LogP contribution in [0.15, 0.2) is 163 Å². The van der Waals surface area contributed by atoms with E-state index in [2.05, 4.69) is 10.5 Å². The van der Waals surface area contributed by atoms with Gasteiger partial charge in [-0.25, -0.2) is 4.79 Å². The zero-order chi connectivity index (χ0) is 68.2. The smallest absolute Gasteiger partial charge is 0.407 e. The molecule has 0 saturated carbocycles. The molecule has 0 spiro atoms. The zero-order valence-corrected chi connectivity index (χ0v) is 54.1. The number of carbonyl (C=O) groups excluding carboxylic acids is 3. The summed E-state index contributed by atoms with van der Waals surface area (Å²) >= 11 is 0. The largest absolute Gasteiger partial charge is 0.462 e. The molecule has 1 aliphatic carbocycles. The summed E-state index contributed by atoms with van der Waals surface area (Å²) in [6.07, 6.45) is 0.211. The van der Waals surface area contributed by atoms with E-state index in [1.54, 1.807) is 105 Å². The molecule has 2 saturated heterocycles. The molecule has 3 aliphatic heterocycles. The van der Waals surface area contributed by atoms with Gasteiger partial charge in [0.05, 0.1) is 91.6 Å². The van der Waals surface area contributed by atoms with Crippen LogP contribution in [0.5, 0.6) is 0 Å². The quantitative estimate of drug-likeness (QED) is 0.0471. The predicted octanol–water partition coefficient (Wildman–Crippen LogP) is 6.11. The van der Waals surface area contributed by atoms with Crippen molar-refractivity contribution in [2.24, 2.45) is 22.9 Å². The van der Waals surface area contributed by atoms with E-state index in [1.165, 1.54) is 13.0 Å². The van der Waals surface area contributed by atoms with Crippen LogP contribution in [0.25, 0.3) is 11.1 Å². The van der Waals surface area contributed by atoms with Gasteiger partial charge in [-0.2, -0.15) is 0 Å².